The molecule has 2 N–H and O–H groups in total. The average Bonchev–Trinajstić information content (AvgIpc) is 3.55. The summed E-state index contributed by atoms with van der Waals surface area (Å²) < 4.78 is 2.09. The van der Waals surface area contributed by atoms with Crippen LogP contribution in [0.4, 0.5) is 17.2 Å². The van der Waals surface area contributed by atoms with Crippen LogP contribution in [0, 0.1) is 0 Å². The van der Waals surface area contributed by atoms with Crippen molar-refractivity contribution in [2.45, 2.75) is 83.3 Å². The van der Waals surface area contributed by atoms with Crippen LogP contribution >= 0.6 is 11.6 Å². The Morgan fingerprint density at radius 1 is 1.02 bits per heavy atom. The van der Waals surface area contributed by atoms with Gasteiger partial charge in [0.1, 0.15) is 5.52 Å². The molecule has 0 atom stereocenters. The van der Waals surface area contributed by atoms with Gasteiger partial charge < -0.3 is 25.0 Å². The van der Waals surface area contributed by atoms with E-state index in [1.54, 1.807) is 19.2 Å². The molecule has 1 aliphatic carbocycles. The minimum Gasteiger partial charge on any atom is -0.355 e. The second kappa shape index (κ2) is 11.7. The summed E-state index contributed by atoms with van der Waals surface area (Å²) in [7, 11) is 1.58. The Kier molecular flexibility index (Phi) is 7.80. The van der Waals surface area contributed by atoms with Crippen LogP contribution in [0.1, 0.15) is 81.8 Å². The number of nitrogens with zero attached hydrogens (tertiary/aromatic N) is 5. The van der Waals surface area contributed by atoms with Crippen LogP contribution in [0.25, 0.3) is 22.3 Å². The number of amides is 2. The number of hydrogen-bond donors (Lipinski definition) is 2. The lowest BCUT2D eigenvalue weighted by atomic mass is 9.82. The molecule has 2 amide bonds. The zero-order valence-corrected chi connectivity index (χ0v) is 28.0. The second-order valence-corrected chi connectivity index (χ2v) is 14.2. The zero-order valence-electron chi connectivity index (χ0n) is 27.2. The van der Waals surface area contributed by atoms with Gasteiger partial charge in [0.2, 0.25) is 5.91 Å². The highest BCUT2D eigenvalue weighted by Gasteiger charge is 2.50. The Balaban J connectivity index is 1.26. The minimum absolute atomic E-state index is 0.155. The van der Waals surface area contributed by atoms with E-state index < -0.39 is 5.41 Å². The number of likely N-dealkylation sites (tertiary alicyclic amines) is 1. The predicted octanol–water partition coefficient (Wildman–Crippen LogP) is 7.08. The van der Waals surface area contributed by atoms with Crippen LogP contribution in [0.3, 0.4) is 0 Å². The van der Waals surface area contributed by atoms with Gasteiger partial charge in [-0.1, -0.05) is 30.2 Å². The smallest absolute Gasteiger partial charge is 0.252 e. The third kappa shape index (κ3) is 5.14. The standard InChI is InChI=1S/C36H42ClN7O2/c1-21(2)43-20-39-30-19-29(41-33(32(30)43)40-23-10-12-28(37)26(16-23)34(45)38-5)22-9-11-27-31(15-22)44(35(46)36(27,3)4)25-17-24(18-25)42-13-7-6-8-14-42/h9-12,15-16,19-21,24-25H,6-8,13-14,17-18H2,1-5H3,(H,38,45)(H,40,41)/t24-,25+. The van der Waals surface area contributed by atoms with Gasteiger partial charge in [0.05, 0.1) is 33.5 Å². The largest absolute Gasteiger partial charge is 0.355 e. The number of piperidine rings is 1. The van der Waals surface area contributed by atoms with E-state index in [2.05, 4.69) is 57.0 Å². The Labute approximate surface area is 275 Å². The van der Waals surface area contributed by atoms with E-state index in [1.165, 1.54) is 32.4 Å². The summed E-state index contributed by atoms with van der Waals surface area (Å²) in [6.07, 6.45) is 7.77. The van der Waals surface area contributed by atoms with Crippen molar-refractivity contribution in [2.24, 2.45) is 0 Å². The number of rotatable bonds is 7. The van der Waals surface area contributed by atoms with Gasteiger partial charge in [0.15, 0.2) is 5.82 Å². The Morgan fingerprint density at radius 3 is 2.50 bits per heavy atom. The van der Waals surface area contributed by atoms with Crippen LogP contribution in [-0.4, -0.2) is 63.5 Å². The van der Waals surface area contributed by atoms with Gasteiger partial charge in [-0.3, -0.25) is 9.59 Å². The quantitative estimate of drug-likeness (QED) is 0.224. The molecular formula is C36H42ClN7O2. The molecule has 1 saturated carbocycles. The van der Waals surface area contributed by atoms with E-state index in [1.807, 2.05) is 32.3 Å². The van der Waals surface area contributed by atoms with Gasteiger partial charge in [0.25, 0.3) is 5.91 Å². The van der Waals surface area contributed by atoms with Crippen molar-refractivity contribution in [1.82, 2.24) is 24.8 Å². The highest BCUT2D eigenvalue weighted by atomic mass is 35.5. The lowest BCUT2D eigenvalue weighted by molar-refractivity contribution is -0.123. The Hall–Kier alpha value is -3.95. The highest BCUT2D eigenvalue weighted by Crippen LogP contribution is 2.48. The molecule has 2 aromatic carbocycles. The first-order chi connectivity index (χ1) is 22.1. The molecule has 0 spiro atoms. The first-order valence-corrected chi connectivity index (χ1v) is 16.8. The molecule has 46 heavy (non-hydrogen) atoms. The average molecular weight is 640 g/mol. The van der Waals surface area contributed by atoms with Crippen molar-refractivity contribution in [3.8, 4) is 11.3 Å². The van der Waals surface area contributed by atoms with Gasteiger partial charge >= 0.3 is 0 Å². The monoisotopic (exact) mass is 639 g/mol. The van der Waals surface area contributed by atoms with Gasteiger partial charge in [-0.2, -0.15) is 0 Å². The van der Waals surface area contributed by atoms with Crippen LogP contribution in [0.15, 0.2) is 48.8 Å². The number of benzene rings is 2. The summed E-state index contributed by atoms with van der Waals surface area (Å²) >= 11 is 6.35. The molecule has 9 nitrogen and oxygen atoms in total. The molecule has 0 bridgehead atoms. The fraction of sp³-hybridized carbons (Fsp3) is 0.444. The van der Waals surface area contributed by atoms with Gasteiger partial charge in [-0.05, 0) is 102 Å². The highest BCUT2D eigenvalue weighted by molar-refractivity contribution is 6.34. The first kappa shape index (κ1) is 30.7. The third-order valence-electron chi connectivity index (χ3n) is 10.1. The van der Waals surface area contributed by atoms with Crippen molar-refractivity contribution < 1.29 is 9.59 Å². The number of nitrogens with one attached hydrogen (secondary N) is 2. The zero-order chi connectivity index (χ0) is 32.3. The third-order valence-corrected chi connectivity index (χ3v) is 10.5. The first-order valence-electron chi connectivity index (χ1n) is 16.5. The number of carbonyl (C=O) groups excluding carboxylic acids is 2. The van der Waals surface area contributed by atoms with Crippen LogP contribution in [-0.2, 0) is 10.2 Å². The minimum atomic E-state index is -0.582. The fourth-order valence-electron chi connectivity index (χ4n) is 7.39. The molecular weight excluding hydrogens is 598 g/mol. The molecule has 2 aromatic heterocycles. The normalized spacial score (nSPS) is 21.0. The number of carbonyl (C=O) groups is 2. The summed E-state index contributed by atoms with van der Waals surface area (Å²) in [5.74, 6) is 0.542. The number of aromatic nitrogens is 3. The number of imidazole rings is 1. The van der Waals surface area contributed by atoms with E-state index >= 15 is 0 Å². The molecule has 0 radical (unpaired) electrons. The van der Waals surface area contributed by atoms with Crippen molar-refractivity contribution in [3.05, 3.63) is 64.9 Å². The number of anilines is 3. The number of hydrogen-bond acceptors (Lipinski definition) is 6. The summed E-state index contributed by atoms with van der Waals surface area (Å²) in [4.78, 5) is 41.0. The summed E-state index contributed by atoms with van der Waals surface area (Å²) in [5.41, 5.74) is 5.89. The fourth-order valence-corrected chi connectivity index (χ4v) is 7.60. The van der Waals surface area contributed by atoms with Crippen LogP contribution in [0.2, 0.25) is 5.02 Å². The van der Waals surface area contributed by atoms with E-state index in [-0.39, 0.29) is 23.9 Å². The molecule has 7 rings (SSSR count). The topological polar surface area (TPSA) is 95.4 Å². The molecule has 4 aromatic rings. The molecule has 4 heterocycles. The van der Waals surface area contributed by atoms with E-state index in [4.69, 9.17) is 21.6 Å². The van der Waals surface area contributed by atoms with Crippen molar-refractivity contribution in [1.29, 1.82) is 0 Å². The van der Waals surface area contributed by atoms with E-state index in [0.29, 0.717) is 28.1 Å². The summed E-state index contributed by atoms with van der Waals surface area (Å²) in [6, 6.07) is 14.5. The van der Waals surface area contributed by atoms with Gasteiger partial charge in [-0.15, -0.1) is 0 Å². The molecule has 0 unspecified atom stereocenters. The Bertz CT molecular complexity index is 1840. The van der Waals surface area contributed by atoms with E-state index in [0.717, 1.165) is 46.4 Å². The van der Waals surface area contributed by atoms with Crippen molar-refractivity contribution >= 4 is 51.6 Å². The molecule has 2 fully saturated rings. The maximum atomic E-state index is 13.9. The van der Waals surface area contributed by atoms with Crippen LogP contribution in [0.5, 0.6) is 0 Å². The molecule has 3 aliphatic rings. The predicted molar refractivity (Wildman–Crippen MR) is 184 cm³/mol. The molecule has 2 aliphatic heterocycles. The maximum Gasteiger partial charge on any atom is 0.252 e. The van der Waals surface area contributed by atoms with E-state index in [9.17, 15) is 9.59 Å². The van der Waals surface area contributed by atoms with Gasteiger partial charge in [-0.25, -0.2) is 9.97 Å². The molecule has 240 valence electrons. The SMILES string of the molecule is CNC(=O)c1cc(Nc2nc(-c3ccc4c(c3)N([C@H]3C[C@@H](N5CCCCC5)C3)C(=O)C4(C)C)cc3ncn(C(C)C)c23)ccc1Cl. The van der Waals surface area contributed by atoms with Crippen molar-refractivity contribution in [3.63, 3.8) is 0 Å². The van der Waals surface area contributed by atoms with Crippen LogP contribution < -0.4 is 15.5 Å². The maximum absolute atomic E-state index is 13.9. The number of fused-ring (bicyclic) bond motifs is 2. The van der Waals surface area contributed by atoms with Gasteiger partial charge in [0, 0.05) is 42.1 Å². The second-order valence-electron chi connectivity index (χ2n) is 13.8. The van der Waals surface area contributed by atoms with Crippen molar-refractivity contribution in [2.75, 3.05) is 30.4 Å². The lowest BCUT2D eigenvalue weighted by Gasteiger charge is -2.48. The molecule has 10 heteroatoms. The summed E-state index contributed by atoms with van der Waals surface area (Å²) in [6.45, 7) is 10.6. The molecule has 1 saturated heterocycles. The Morgan fingerprint density at radius 2 is 1.78 bits per heavy atom. The number of halogens is 1. The number of pyridine rings is 1. The summed E-state index contributed by atoms with van der Waals surface area (Å²) in [5, 5.41) is 6.48. The lowest BCUT2D eigenvalue weighted by Crippen LogP contribution is -2.57.